The van der Waals surface area contributed by atoms with Gasteiger partial charge in [-0.1, -0.05) is 50.2 Å². The van der Waals surface area contributed by atoms with E-state index in [1.54, 1.807) is 17.6 Å². The maximum atomic E-state index is 12.5. The minimum atomic E-state index is -0.613. The molecule has 0 aromatic heterocycles. The van der Waals surface area contributed by atoms with Crippen LogP contribution in [0.25, 0.3) is 10.8 Å². The number of rotatable bonds is 8. The van der Waals surface area contributed by atoms with E-state index in [4.69, 9.17) is 5.21 Å². The number of amides is 2. The number of hydroxylamine groups is 1. The Labute approximate surface area is 188 Å². The summed E-state index contributed by atoms with van der Waals surface area (Å²) in [5.41, 5.74) is 4.64. The van der Waals surface area contributed by atoms with E-state index in [0.717, 1.165) is 30.6 Å². The summed E-state index contributed by atoms with van der Waals surface area (Å²) >= 11 is 0. The third-order valence-corrected chi connectivity index (χ3v) is 5.34. The summed E-state index contributed by atoms with van der Waals surface area (Å²) in [5, 5.41) is 14.0. The first kappa shape index (κ1) is 24.3. The van der Waals surface area contributed by atoms with Gasteiger partial charge in [-0.25, -0.2) is 5.48 Å². The van der Waals surface area contributed by atoms with E-state index in [0.29, 0.717) is 12.1 Å². The summed E-state index contributed by atoms with van der Waals surface area (Å²) in [7, 11) is 0. The number of carbonyl (C=O) groups excluding carboxylic acids is 2. The quantitative estimate of drug-likeness (QED) is 0.362. The van der Waals surface area contributed by atoms with E-state index in [1.165, 1.54) is 23.1 Å². The Balaban J connectivity index is 0.00000341. The number of hydrogen-bond donors (Lipinski definition) is 3. The van der Waals surface area contributed by atoms with Gasteiger partial charge in [-0.05, 0) is 59.3 Å². The fraction of sp³-hybridized carbons (Fsp3) is 0.250. The maximum absolute atomic E-state index is 12.5. The fourth-order valence-corrected chi connectivity index (χ4v) is 3.52. The van der Waals surface area contributed by atoms with Crippen LogP contribution < -0.4 is 10.8 Å². The fourth-order valence-electron chi connectivity index (χ4n) is 3.52. The average Bonchev–Trinajstić information content (AvgIpc) is 2.81. The predicted molar refractivity (Wildman–Crippen MR) is 125 cm³/mol. The highest BCUT2D eigenvalue weighted by Gasteiger charge is 2.11. The molecule has 0 atom stereocenters. The topological polar surface area (TPSA) is 81.7 Å². The number of benzene rings is 3. The van der Waals surface area contributed by atoms with Crippen LogP contribution in [0, 0.1) is 0 Å². The lowest BCUT2D eigenvalue weighted by Gasteiger charge is -2.20. The molecule has 7 heteroatoms. The van der Waals surface area contributed by atoms with E-state index in [2.05, 4.69) is 48.3 Å². The number of fused-ring (bicyclic) bond motifs is 1. The molecule has 3 rings (SSSR count). The average molecular weight is 442 g/mol. The van der Waals surface area contributed by atoms with Crippen LogP contribution in [0.1, 0.15) is 45.7 Å². The molecule has 0 aliphatic heterocycles. The van der Waals surface area contributed by atoms with Gasteiger partial charge in [-0.15, -0.1) is 12.4 Å². The van der Waals surface area contributed by atoms with E-state index < -0.39 is 5.91 Å². The van der Waals surface area contributed by atoms with Crippen LogP contribution in [0.3, 0.4) is 0 Å². The van der Waals surface area contributed by atoms with Gasteiger partial charge < -0.3 is 5.32 Å². The Morgan fingerprint density at radius 2 is 1.32 bits per heavy atom. The normalized spacial score (nSPS) is 10.6. The van der Waals surface area contributed by atoms with Gasteiger partial charge in [-0.2, -0.15) is 0 Å². The van der Waals surface area contributed by atoms with Gasteiger partial charge in [0.25, 0.3) is 11.8 Å². The van der Waals surface area contributed by atoms with Crippen LogP contribution in [-0.2, 0) is 13.1 Å². The molecule has 0 heterocycles. The summed E-state index contributed by atoms with van der Waals surface area (Å²) in [5.74, 6) is -0.833. The SMILES string of the molecule is CCN(CC)Cc1ccc(CNC(=O)c2ccc(C(=O)NO)cc2)c2ccccc12.Cl. The van der Waals surface area contributed by atoms with Crippen LogP contribution in [0.5, 0.6) is 0 Å². The van der Waals surface area contributed by atoms with Gasteiger partial charge in [0.05, 0.1) is 0 Å². The molecule has 3 N–H and O–H groups in total. The second-order valence-electron chi connectivity index (χ2n) is 7.09. The van der Waals surface area contributed by atoms with Crippen LogP contribution in [-0.4, -0.2) is 35.0 Å². The van der Waals surface area contributed by atoms with Crippen molar-refractivity contribution in [1.82, 2.24) is 15.7 Å². The van der Waals surface area contributed by atoms with Crippen molar-refractivity contribution >= 4 is 35.0 Å². The minimum absolute atomic E-state index is 0. The largest absolute Gasteiger partial charge is 0.348 e. The number of nitrogens with one attached hydrogen (secondary N) is 2. The molecule has 6 nitrogen and oxygen atoms in total. The first-order valence-corrected chi connectivity index (χ1v) is 10.1. The number of hydrogen-bond acceptors (Lipinski definition) is 4. The highest BCUT2D eigenvalue weighted by Crippen LogP contribution is 2.24. The van der Waals surface area contributed by atoms with E-state index in [1.807, 2.05) is 12.1 Å². The highest BCUT2D eigenvalue weighted by molar-refractivity contribution is 5.97. The second-order valence-corrected chi connectivity index (χ2v) is 7.09. The zero-order valence-electron chi connectivity index (χ0n) is 17.7. The Bertz CT molecular complexity index is 1030. The molecular weight excluding hydrogens is 414 g/mol. The molecule has 2 amide bonds. The molecule has 3 aromatic rings. The predicted octanol–water partition coefficient (Wildman–Crippen LogP) is 4.15. The highest BCUT2D eigenvalue weighted by atomic mass is 35.5. The lowest BCUT2D eigenvalue weighted by atomic mass is 9.99. The van der Waals surface area contributed by atoms with Gasteiger partial charge in [-0.3, -0.25) is 19.7 Å². The van der Waals surface area contributed by atoms with Gasteiger partial charge in [0.15, 0.2) is 0 Å². The number of nitrogens with zero attached hydrogens (tertiary/aromatic N) is 1. The number of halogens is 1. The molecule has 0 radical (unpaired) electrons. The van der Waals surface area contributed by atoms with Crippen LogP contribution in [0.4, 0.5) is 0 Å². The van der Waals surface area contributed by atoms with E-state index in [9.17, 15) is 9.59 Å². The van der Waals surface area contributed by atoms with Gasteiger partial charge in [0.1, 0.15) is 0 Å². The summed E-state index contributed by atoms with van der Waals surface area (Å²) < 4.78 is 0. The summed E-state index contributed by atoms with van der Waals surface area (Å²) in [4.78, 5) is 26.3. The lowest BCUT2D eigenvalue weighted by molar-refractivity contribution is 0.0706. The van der Waals surface area contributed by atoms with Gasteiger partial charge in [0.2, 0.25) is 0 Å². The Hall–Kier alpha value is -2.93. The van der Waals surface area contributed by atoms with E-state index >= 15 is 0 Å². The summed E-state index contributed by atoms with van der Waals surface area (Å²) in [6, 6.07) is 18.6. The van der Waals surface area contributed by atoms with Crippen molar-refractivity contribution in [1.29, 1.82) is 0 Å². The minimum Gasteiger partial charge on any atom is -0.348 e. The molecule has 0 saturated heterocycles. The van der Waals surface area contributed by atoms with Crippen molar-refractivity contribution < 1.29 is 14.8 Å². The van der Waals surface area contributed by atoms with Crippen molar-refractivity contribution in [3.8, 4) is 0 Å². The molecule has 0 fully saturated rings. The molecule has 164 valence electrons. The van der Waals surface area contributed by atoms with Gasteiger partial charge in [0, 0.05) is 24.2 Å². The van der Waals surface area contributed by atoms with Crippen molar-refractivity contribution in [3.63, 3.8) is 0 Å². The zero-order valence-corrected chi connectivity index (χ0v) is 18.5. The molecule has 0 aliphatic carbocycles. The van der Waals surface area contributed by atoms with Crippen LogP contribution >= 0.6 is 12.4 Å². The molecule has 3 aromatic carbocycles. The summed E-state index contributed by atoms with van der Waals surface area (Å²) in [6.45, 7) is 7.64. The molecule has 31 heavy (non-hydrogen) atoms. The first-order valence-electron chi connectivity index (χ1n) is 10.1. The van der Waals surface area contributed by atoms with Gasteiger partial charge >= 0.3 is 0 Å². The summed E-state index contributed by atoms with van der Waals surface area (Å²) in [6.07, 6.45) is 0. The molecule has 0 aliphatic rings. The monoisotopic (exact) mass is 441 g/mol. The van der Waals surface area contributed by atoms with Crippen molar-refractivity contribution in [3.05, 3.63) is 82.9 Å². The molecule has 0 saturated carbocycles. The Kier molecular flexibility index (Phi) is 9.00. The lowest BCUT2D eigenvalue weighted by Crippen LogP contribution is -2.24. The van der Waals surface area contributed by atoms with Crippen molar-refractivity contribution in [2.24, 2.45) is 0 Å². The molecule has 0 unspecified atom stereocenters. The standard InChI is InChI=1S/C24H27N3O3.ClH/c1-3-27(4-2)16-20-14-13-19(21-7-5-6-8-22(20)21)15-25-23(28)17-9-11-18(12-10-17)24(29)26-30;/h5-14,30H,3-4,15-16H2,1-2H3,(H,25,28)(H,26,29);1H. The number of carbonyl (C=O) groups is 2. The first-order chi connectivity index (χ1) is 14.6. The Morgan fingerprint density at radius 3 is 1.87 bits per heavy atom. The molecule has 0 spiro atoms. The smallest absolute Gasteiger partial charge is 0.274 e. The Morgan fingerprint density at radius 1 is 0.806 bits per heavy atom. The van der Waals surface area contributed by atoms with Crippen molar-refractivity contribution in [2.45, 2.75) is 26.9 Å². The maximum Gasteiger partial charge on any atom is 0.274 e. The third-order valence-electron chi connectivity index (χ3n) is 5.34. The second kappa shape index (κ2) is 11.5. The van der Waals surface area contributed by atoms with Crippen molar-refractivity contribution in [2.75, 3.05) is 13.1 Å². The van der Waals surface area contributed by atoms with Crippen LogP contribution in [0.15, 0.2) is 60.7 Å². The van der Waals surface area contributed by atoms with E-state index in [-0.39, 0.29) is 23.9 Å². The molecule has 0 bridgehead atoms. The zero-order chi connectivity index (χ0) is 21.5. The molecular formula is C24H28ClN3O3. The van der Waals surface area contributed by atoms with Crippen LogP contribution in [0.2, 0.25) is 0 Å². The third kappa shape index (κ3) is 5.82.